The zero-order valence-corrected chi connectivity index (χ0v) is 11.5. The molecule has 0 aromatic rings. The summed E-state index contributed by atoms with van der Waals surface area (Å²) < 4.78 is 0. The van der Waals surface area contributed by atoms with Gasteiger partial charge < -0.3 is 20.6 Å². The van der Waals surface area contributed by atoms with Crippen LogP contribution in [-0.2, 0) is 4.79 Å². The van der Waals surface area contributed by atoms with Crippen LogP contribution in [0.4, 0.5) is 4.79 Å². The Bertz CT molecular complexity index is 257. The normalized spacial score (nSPS) is 12.2. The molecule has 0 radical (unpaired) electrons. The highest BCUT2D eigenvalue weighted by atomic mass is 16.4. The zero-order valence-electron chi connectivity index (χ0n) is 11.5. The summed E-state index contributed by atoms with van der Waals surface area (Å²) in [6, 6.07) is -0.224. The quantitative estimate of drug-likeness (QED) is 0.533. The summed E-state index contributed by atoms with van der Waals surface area (Å²) in [7, 11) is 3.97. The fourth-order valence-electron chi connectivity index (χ4n) is 1.50. The monoisotopic (exact) mass is 259 g/mol. The Morgan fingerprint density at radius 3 is 2.44 bits per heavy atom. The zero-order chi connectivity index (χ0) is 14.0. The molecule has 0 spiro atoms. The molecule has 0 aliphatic heterocycles. The predicted molar refractivity (Wildman–Crippen MR) is 70.6 cm³/mol. The van der Waals surface area contributed by atoms with E-state index in [0.717, 1.165) is 19.4 Å². The summed E-state index contributed by atoms with van der Waals surface area (Å²) in [5.74, 6) is -0.829. The highest BCUT2D eigenvalue weighted by molar-refractivity contribution is 5.74. The first-order valence-electron chi connectivity index (χ1n) is 6.34. The number of aliphatic carboxylic acids is 1. The SMILES string of the molecule is CCC(CNC(=O)NCCCN(C)C)CC(=O)O. The number of nitrogens with one attached hydrogen (secondary N) is 2. The Kier molecular flexibility index (Phi) is 9.00. The smallest absolute Gasteiger partial charge is 0.314 e. The number of nitrogens with zero attached hydrogens (tertiary/aromatic N) is 1. The molecule has 6 heteroatoms. The lowest BCUT2D eigenvalue weighted by Gasteiger charge is -2.14. The van der Waals surface area contributed by atoms with Gasteiger partial charge in [-0.05, 0) is 33.0 Å². The molecule has 6 nitrogen and oxygen atoms in total. The van der Waals surface area contributed by atoms with Gasteiger partial charge in [-0.25, -0.2) is 4.79 Å². The van der Waals surface area contributed by atoms with E-state index >= 15 is 0 Å². The van der Waals surface area contributed by atoms with Crippen molar-refractivity contribution in [2.75, 3.05) is 33.7 Å². The number of carboxylic acids is 1. The summed E-state index contributed by atoms with van der Waals surface area (Å²) in [5.41, 5.74) is 0. The first-order valence-corrected chi connectivity index (χ1v) is 6.34. The maximum atomic E-state index is 11.4. The van der Waals surface area contributed by atoms with Crippen molar-refractivity contribution in [2.45, 2.75) is 26.2 Å². The maximum Gasteiger partial charge on any atom is 0.314 e. The number of carbonyl (C=O) groups is 2. The second-order valence-corrected chi connectivity index (χ2v) is 4.67. The molecule has 0 fully saturated rings. The van der Waals surface area contributed by atoms with Crippen LogP contribution in [0.2, 0.25) is 0 Å². The Balaban J connectivity index is 3.64. The van der Waals surface area contributed by atoms with Crippen molar-refractivity contribution in [3.8, 4) is 0 Å². The van der Waals surface area contributed by atoms with Crippen LogP contribution in [-0.4, -0.2) is 55.7 Å². The summed E-state index contributed by atoms with van der Waals surface area (Å²) in [6.07, 6.45) is 1.73. The van der Waals surface area contributed by atoms with Gasteiger partial charge in [-0.2, -0.15) is 0 Å². The van der Waals surface area contributed by atoms with Gasteiger partial charge in [0, 0.05) is 19.5 Å². The van der Waals surface area contributed by atoms with Crippen LogP contribution in [0.5, 0.6) is 0 Å². The lowest BCUT2D eigenvalue weighted by atomic mass is 10.0. The third kappa shape index (κ3) is 9.89. The first-order chi connectivity index (χ1) is 8.45. The predicted octanol–water partition coefficient (Wildman–Crippen LogP) is 0.738. The van der Waals surface area contributed by atoms with E-state index in [9.17, 15) is 9.59 Å². The van der Waals surface area contributed by atoms with E-state index in [-0.39, 0.29) is 18.4 Å². The first kappa shape index (κ1) is 16.7. The van der Waals surface area contributed by atoms with Crippen molar-refractivity contribution in [1.82, 2.24) is 15.5 Å². The molecule has 3 N–H and O–H groups in total. The van der Waals surface area contributed by atoms with Crippen molar-refractivity contribution >= 4 is 12.0 Å². The molecule has 0 heterocycles. The van der Waals surface area contributed by atoms with Gasteiger partial charge >= 0.3 is 12.0 Å². The molecule has 0 aliphatic rings. The number of hydrogen-bond donors (Lipinski definition) is 3. The summed E-state index contributed by atoms with van der Waals surface area (Å²) in [5, 5.41) is 14.1. The van der Waals surface area contributed by atoms with Crippen LogP contribution in [0, 0.1) is 5.92 Å². The molecule has 0 bridgehead atoms. The van der Waals surface area contributed by atoms with E-state index in [4.69, 9.17) is 5.11 Å². The number of hydrogen-bond acceptors (Lipinski definition) is 3. The van der Waals surface area contributed by atoms with E-state index in [1.54, 1.807) is 0 Å². The third-order valence-corrected chi connectivity index (χ3v) is 2.66. The minimum Gasteiger partial charge on any atom is -0.481 e. The molecule has 106 valence electrons. The second-order valence-electron chi connectivity index (χ2n) is 4.67. The van der Waals surface area contributed by atoms with E-state index in [1.165, 1.54) is 0 Å². The molecule has 0 aromatic carbocycles. The van der Waals surface area contributed by atoms with E-state index in [2.05, 4.69) is 15.5 Å². The van der Waals surface area contributed by atoms with Crippen molar-refractivity contribution in [3.63, 3.8) is 0 Å². The molecule has 1 unspecified atom stereocenters. The van der Waals surface area contributed by atoms with E-state index in [1.807, 2.05) is 21.0 Å². The summed E-state index contributed by atoms with van der Waals surface area (Å²) >= 11 is 0. The average Bonchev–Trinajstić information content (AvgIpc) is 2.29. The van der Waals surface area contributed by atoms with Gasteiger partial charge in [-0.3, -0.25) is 4.79 Å². The van der Waals surface area contributed by atoms with E-state index in [0.29, 0.717) is 13.1 Å². The molecular weight excluding hydrogens is 234 g/mol. The van der Waals surface area contributed by atoms with Crippen LogP contribution in [0.15, 0.2) is 0 Å². The third-order valence-electron chi connectivity index (χ3n) is 2.66. The van der Waals surface area contributed by atoms with Crippen LogP contribution < -0.4 is 10.6 Å². The molecule has 18 heavy (non-hydrogen) atoms. The van der Waals surface area contributed by atoms with Crippen LogP contribution in [0.1, 0.15) is 26.2 Å². The van der Waals surface area contributed by atoms with E-state index < -0.39 is 5.97 Å². The van der Waals surface area contributed by atoms with Gasteiger partial charge in [0.1, 0.15) is 0 Å². The largest absolute Gasteiger partial charge is 0.481 e. The Labute approximate surface area is 109 Å². The summed E-state index contributed by atoms with van der Waals surface area (Å²) in [4.78, 5) is 24.0. The molecule has 1 atom stereocenters. The molecule has 0 aliphatic carbocycles. The van der Waals surface area contributed by atoms with Crippen molar-refractivity contribution < 1.29 is 14.7 Å². The average molecular weight is 259 g/mol. The highest BCUT2D eigenvalue weighted by Crippen LogP contribution is 2.06. The maximum absolute atomic E-state index is 11.4. The lowest BCUT2D eigenvalue weighted by molar-refractivity contribution is -0.138. The number of carboxylic acid groups (broad SMARTS) is 1. The molecular formula is C12H25N3O3. The molecule has 2 amide bonds. The number of carbonyl (C=O) groups excluding carboxylic acids is 1. The lowest BCUT2D eigenvalue weighted by Crippen LogP contribution is -2.39. The van der Waals surface area contributed by atoms with Crippen LogP contribution >= 0.6 is 0 Å². The molecule has 0 saturated carbocycles. The van der Waals surface area contributed by atoms with Crippen molar-refractivity contribution in [1.29, 1.82) is 0 Å². The van der Waals surface area contributed by atoms with Gasteiger partial charge in [-0.1, -0.05) is 13.3 Å². The topological polar surface area (TPSA) is 81.7 Å². The van der Waals surface area contributed by atoms with Crippen molar-refractivity contribution in [2.24, 2.45) is 5.92 Å². The summed E-state index contributed by atoms with van der Waals surface area (Å²) in [6.45, 7) is 3.88. The fraction of sp³-hybridized carbons (Fsp3) is 0.833. The molecule has 0 aromatic heterocycles. The Morgan fingerprint density at radius 1 is 1.28 bits per heavy atom. The number of amides is 2. The van der Waals surface area contributed by atoms with Crippen LogP contribution in [0.25, 0.3) is 0 Å². The Morgan fingerprint density at radius 2 is 1.94 bits per heavy atom. The number of urea groups is 1. The molecule has 0 saturated heterocycles. The minimum absolute atomic E-state index is 0.00461. The number of rotatable bonds is 9. The fourth-order valence-corrected chi connectivity index (χ4v) is 1.50. The van der Waals surface area contributed by atoms with Crippen molar-refractivity contribution in [3.05, 3.63) is 0 Å². The second kappa shape index (κ2) is 9.70. The van der Waals surface area contributed by atoms with Gasteiger partial charge in [0.15, 0.2) is 0 Å². The van der Waals surface area contributed by atoms with Gasteiger partial charge in [0.2, 0.25) is 0 Å². The Hall–Kier alpha value is -1.30. The van der Waals surface area contributed by atoms with Gasteiger partial charge in [0.05, 0.1) is 0 Å². The highest BCUT2D eigenvalue weighted by Gasteiger charge is 2.12. The molecule has 0 rings (SSSR count). The van der Waals surface area contributed by atoms with Gasteiger partial charge in [-0.15, -0.1) is 0 Å². The van der Waals surface area contributed by atoms with Crippen LogP contribution in [0.3, 0.4) is 0 Å². The standard InChI is InChI=1S/C12H25N3O3/c1-4-10(8-11(16)17)9-14-12(18)13-6-5-7-15(2)3/h10H,4-9H2,1-3H3,(H,16,17)(H2,13,14,18). The van der Waals surface area contributed by atoms with Gasteiger partial charge in [0.25, 0.3) is 0 Å². The minimum atomic E-state index is -0.824.